The molecule has 8 atom stereocenters. The number of amides is 1. The molecule has 0 bridgehead atoms. The summed E-state index contributed by atoms with van der Waals surface area (Å²) in [7, 11) is 0. The molecule has 1 aliphatic rings. The number of hydrogen-bond donors (Lipinski definition) is 6. The normalized spacial score (nSPS) is 20.1. The predicted molar refractivity (Wildman–Crippen MR) is 319 cm³/mol. The molecule has 1 saturated heterocycles. The van der Waals surface area contributed by atoms with E-state index in [2.05, 4.69) is 105 Å². The molecule has 11 nitrogen and oxygen atoms in total. The minimum absolute atomic E-state index is 0.0534. The standard InChI is InChI=1S/C66H105NO10/c1-4-7-10-13-16-19-22-25-27-28-29-30-31-32-33-36-39-42-45-48-51-54-61(71)77-64-63(73)62(72)60(55-68)76-66(64)75-56-57(58(69)52-49-46-43-40-37-34-24-21-18-15-12-9-6-3)67-65(74)59(70)53-50-47-44-41-38-35-26-23-20-17-14-11-8-5-2/h7-8,10-11,14,16-17,19-20,23,25-27,29-30,32-33,35,38-39,41-42,49,52,57-60,62-64,66,68-70,72-73H,4-6,9,12-13,15,18,21-22,24,28,31,34,36-37,40,43-48,50-51,53-56H2,1-3H3,(H,67,74)/b10-7-,11-8+,17-14+,19-16-,23-20-,27-25-,30-29-,33-32-,35-26-,41-38+,42-39-,52-49+. The van der Waals surface area contributed by atoms with E-state index in [0.717, 1.165) is 96.3 Å². The van der Waals surface area contributed by atoms with Gasteiger partial charge in [-0.3, -0.25) is 9.59 Å². The molecule has 6 N–H and O–H groups in total. The van der Waals surface area contributed by atoms with Gasteiger partial charge in [0.2, 0.25) is 5.91 Å². The molecule has 1 amide bonds. The second kappa shape index (κ2) is 52.3. The van der Waals surface area contributed by atoms with Gasteiger partial charge in [0.25, 0.3) is 0 Å². The average molecular weight is 1070 g/mol. The fourth-order valence-corrected chi connectivity index (χ4v) is 8.20. The fourth-order valence-electron chi connectivity index (χ4n) is 8.20. The molecule has 1 rings (SSSR count). The maximum Gasteiger partial charge on any atom is 0.306 e. The lowest BCUT2D eigenvalue weighted by Gasteiger charge is -2.41. The third kappa shape index (κ3) is 40.4. The first-order chi connectivity index (χ1) is 37.7. The topological polar surface area (TPSA) is 175 Å². The van der Waals surface area contributed by atoms with Crippen molar-refractivity contribution >= 4 is 11.9 Å². The highest BCUT2D eigenvalue weighted by atomic mass is 16.7. The number of allylic oxidation sites excluding steroid dienone is 23. The summed E-state index contributed by atoms with van der Waals surface area (Å²) in [5.41, 5.74) is 0. The first kappa shape index (κ1) is 70.6. The molecule has 0 aliphatic carbocycles. The van der Waals surface area contributed by atoms with Crippen LogP contribution in [0.3, 0.4) is 0 Å². The van der Waals surface area contributed by atoms with Crippen molar-refractivity contribution in [3.63, 3.8) is 0 Å². The largest absolute Gasteiger partial charge is 0.454 e. The lowest BCUT2D eigenvalue weighted by molar-refractivity contribution is -0.305. The van der Waals surface area contributed by atoms with E-state index in [0.29, 0.717) is 12.8 Å². The number of aliphatic hydroxyl groups is 5. The quantitative estimate of drug-likeness (QED) is 0.0149. The summed E-state index contributed by atoms with van der Waals surface area (Å²) in [6, 6.07) is -1.07. The number of ether oxygens (including phenoxy) is 3. The molecule has 77 heavy (non-hydrogen) atoms. The van der Waals surface area contributed by atoms with E-state index in [1.54, 1.807) is 6.08 Å². The minimum atomic E-state index is -1.65. The van der Waals surface area contributed by atoms with Gasteiger partial charge in [-0.05, 0) is 96.3 Å². The summed E-state index contributed by atoms with van der Waals surface area (Å²) in [6.07, 6.45) is 64.6. The number of rotatable bonds is 47. The highest BCUT2D eigenvalue weighted by Crippen LogP contribution is 2.26. The van der Waals surface area contributed by atoms with Gasteiger partial charge in [-0.2, -0.15) is 0 Å². The van der Waals surface area contributed by atoms with Crippen LogP contribution in [0.5, 0.6) is 0 Å². The van der Waals surface area contributed by atoms with Gasteiger partial charge in [-0.15, -0.1) is 0 Å². The molecule has 8 unspecified atom stereocenters. The van der Waals surface area contributed by atoms with Gasteiger partial charge in [-0.1, -0.05) is 237 Å². The van der Waals surface area contributed by atoms with Crippen molar-refractivity contribution < 1.29 is 49.3 Å². The molecule has 0 radical (unpaired) electrons. The van der Waals surface area contributed by atoms with Gasteiger partial charge >= 0.3 is 5.97 Å². The van der Waals surface area contributed by atoms with Gasteiger partial charge in [0, 0.05) is 6.42 Å². The van der Waals surface area contributed by atoms with Gasteiger partial charge in [0.05, 0.1) is 25.4 Å². The van der Waals surface area contributed by atoms with Crippen LogP contribution in [-0.2, 0) is 23.8 Å². The lowest BCUT2D eigenvalue weighted by atomic mass is 9.99. The molecule has 0 aromatic rings. The van der Waals surface area contributed by atoms with Crippen molar-refractivity contribution in [2.45, 2.75) is 243 Å². The third-order valence-electron chi connectivity index (χ3n) is 12.9. The Balaban J connectivity index is 2.78. The Morgan fingerprint density at radius 2 is 1.00 bits per heavy atom. The van der Waals surface area contributed by atoms with Gasteiger partial charge in [0.1, 0.15) is 24.4 Å². The van der Waals surface area contributed by atoms with Crippen LogP contribution >= 0.6 is 0 Å². The van der Waals surface area contributed by atoms with Crippen LogP contribution in [-0.4, -0.2) is 99.6 Å². The molecule has 1 heterocycles. The van der Waals surface area contributed by atoms with Crippen molar-refractivity contribution in [1.29, 1.82) is 0 Å². The van der Waals surface area contributed by atoms with Crippen LogP contribution in [0.15, 0.2) is 146 Å². The zero-order chi connectivity index (χ0) is 56.1. The SMILES string of the molecule is CC/C=C\C/C=C\C/C=C\C/C=C\C/C=C\C/C=C\CCCCC(=O)OC1C(OCC(NC(=O)C(O)CCCC/C=C/C=C\C=C/C=C/C=C/CC)C(O)/C=C/CCCCCCCCCCCCC)OC(CO)C(O)C1O. The Labute approximate surface area is 466 Å². The Morgan fingerprint density at radius 1 is 0.532 bits per heavy atom. The summed E-state index contributed by atoms with van der Waals surface area (Å²) >= 11 is 0. The predicted octanol–water partition coefficient (Wildman–Crippen LogP) is 13.8. The summed E-state index contributed by atoms with van der Waals surface area (Å²) in [4.78, 5) is 26.5. The van der Waals surface area contributed by atoms with E-state index in [9.17, 15) is 35.1 Å². The highest BCUT2D eigenvalue weighted by Gasteiger charge is 2.47. The van der Waals surface area contributed by atoms with Crippen molar-refractivity contribution in [2.24, 2.45) is 0 Å². The molecule has 0 spiro atoms. The first-order valence-electron chi connectivity index (χ1n) is 29.7. The van der Waals surface area contributed by atoms with E-state index in [1.807, 2.05) is 60.8 Å². The number of carbonyl (C=O) groups is 2. The number of esters is 1. The molecule has 434 valence electrons. The van der Waals surface area contributed by atoms with Crippen LogP contribution in [0, 0.1) is 0 Å². The minimum Gasteiger partial charge on any atom is -0.454 e. The second-order valence-electron chi connectivity index (χ2n) is 19.7. The molecular formula is C66H105NO10. The Kier molecular flexibility index (Phi) is 47.9. The average Bonchev–Trinajstić information content (AvgIpc) is 3.43. The van der Waals surface area contributed by atoms with Crippen LogP contribution < -0.4 is 5.32 Å². The summed E-state index contributed by atoms with van der Waals surface area (Å²) in [5, 5.41) is 56.8. The number of carbonyl (C=O) groups excluding carboxylic acids is 2. The number of hydrogen-bond acceptors (Lipinski definition) is 10. The maximum atomic E-state index is 13.4. The first-order valence-corrected chi connectivity index (χ1v) is 29.7. The van der Waals surface area contributed by atoms with Gasteiger partial charge in [0.15, 0.2) is 12.4 Å². The third-order valence-corrected chi connectivity index (χ3v) is 12.9. The molecule has 0 aromatic heterocycles. The van der Waals surface area contributed by atoms with Crippen molar-refractivity contribution in [3.8, 4) is 0 Å². The zero-order valence-electron chi connectivity index (χ0n) is 47.8. The van der Waals surface area contributed by atoms with Crippen LogP contribution in [0.4, 0.5) is 0 Å². The smallest absolute Gasteiger partial charge is 0.306 e. The molecule has 1 aliphatic heterocycles. The molecular weight excluding hydrogens is 967 g/mol. The number of nitrogens with one attached hydrogen (secondary N) is 1. The zero-order valence-corrected chi connectivity index (χ0v) is 47.8. The summed E-state index contributed by atoms with van der Waals surface area (Å²) < 4.78 is 17.5. The molecule has 11 heteroatoms. The molecule has 0 saturated carbocycles. The van der Waals surface area contributed by atoms with Crippen LogP contribution in [0.25, 0.3) is 0 Å². The van der Waals surface area contributed by atoms with E-state index in [4.69, 9.17) is 14.2 Å². The lowest BCUT2D eigenvalue weighted by Crippen LogP contribution is -2.61. The summed E-state index contributed by atoms with van der Waals surface area (Å²) in [6.45, 7) is 5.45. The van der Waals surface area contributed by atoms with E-state index in [-0.39, 0.29) is 19.4 Å². The van der Waals surface area contributed by atoms with Crippen LogP contribution in [0.2, 0.25) is 0 Å². The second-order valence-corrected chi connectivity index (χ2v) is 19.7. The van der Waals surface area contributed by atoms with Crippen molar-refractivity contribution in [2.75, 3.05) is 13.2 Å². The maximum absolute atomic E-state index is 13.4. The number of unbranched alkanes of at least 4 members (excludes halogenated alkanes) is 15. The Morgan fingerprint density at radius 3 is 1.56 bits per heavy atom. The van der Waals surface area contributed by atoms with Gasteiger partial charge < -0.3 is 45.1 Å². The van der Waals surface area contributed by atoms with E-state index >= 15 is 0 Å². The molecule has 1 fully saturated rings. The fraction of sp³-hybridized carbons (Fsp3) is 0.606. The highest BCUT2D eigenvalue weighted by molar-refractivity contribution is 5.80. The van der Waals surface area contributed by atoms with Crippen molar-refractivity contribution in [1.82, 2.24) is 5.32 Å². The Hall–Kier alpha value is -4.46. The van der Waals surface area contributed by atoms with Crippen LogP contribution in [0.1, 0.15) is 194 Å². The van der Waals surface area contributed by atoms with E-state index < -0.39 is 67.4 Å². The number of aliphatic hydroxyl groups excluding tert-OH is 5. The van der Waals surface area contributed by atoms with Gasteiger partial charge in [-0.25, -0.2) is 0 Å². The molecule has 0 aromatic carbocycles. The summed E-state index contributed by atoms with van der Waals surface area (Å²) in [5.74, 6) is -1.30. The van der Waals surface area contributed by atoms with Crippen molar-refractivity contribution in [3.05, 3.63) is 146 Å². The van der Waals surface area contributed by atoms with E-state index in [1.165, 1.54) is 51.4 Å². The Bertz CT molecular complexity index is 1800. The monoisotopic (exact) mass is 1070 g/mol.